The minimum Gasteiger partial charge on any atom is -0.384 e. The number of anilines is 2. The number of piperidine rings is 1. The zero-order valence-electron chi connectivity index (χ0n) is 12.6. The van der Waals surface area contributed by atoms with Crippen LogP contribution in [0.25, 0.3) is 11.1 Å². The van der Waals surface area contributed by atoms with Crippen LogP contribution in [0.1, 0.15) is 24.8 Å². The van der Waals surface area contributed by atoms with Crippen molar-refractivity contribution >= 4 is 17.3 Å². The Morgan fingerprint density at radius 1 is 0.909 bits per heavy atom. The first-order valence-electron chi connectivity index (χ1n) is 8.09. The Morgan fingerprint density at radius 3 is 2.55 bits per heavy atom. The molecule has 0 radical (unpaired) electrons. The number of fused-ring (bicyclic) bond motifs is 1. The maximum Gasteiger partial charge on any atom is 0.226 e. The molecular weight excluding hydrogens is 272 g/mol. The zero-order valence-corrected chi connectivity index (χ0v) is 12.6. The third-order valence-electron chi connectivity index (χ3n) is 4.66. The van der Waals surface area contributed by atoms with Crippen molar-refractivity contribution in [2.75, 3.05) is 23.3 Å². The number of carbonyl (C=O) groups is 1. The summed E-state index contributed by atoms with van der Waals surface area (Å²) in [5, 5.41) is 3.43. The molecule has 2 aromatic rings. The Balaban J connectivity index is 1.60. The summed E-state index contributed by atoms with van der Waals surface area (Å²) in [6.07, 6.45) is 3.92. The molecule has 3 nitrogen and oxygen atoms in total. The van der Waals surface area contributed by atoms with E-state index in [1.54, 1.807) is 0 Å². The van der Waals surface area contributed by atoms with Crippen molar-refractivity contribution < 1.29 is 4.79 Å². The van der Waals surface area contributed by atoms with Crippen LogP contribution in [-0.4, -0.2) is 19.0 Å². The van der Waals surface area contributed by atoms with Crippen LogP contribution in [0.2, 0.25) is 0 Å². The maximum absolute atomic E-state index is 12.0. The lowest BCUT2D eigenvalue weighted by Gasteiger charge is -2.26. The highest BCUT2D eigenvalue weighted by atomic mass is 16.2. The molecule has 2 aliphatic heterocycles. The molecule has 0 saturated carbocycles. The van der Waals surface area contributed by atoms with Crippen molar-refractivity contribution in [3.8, 4) is 11.1 Å². The predicted octanol–water partition coefficient (Wildman–Crippen LogP) is 3.84. The van der Waals surface area contributed by atoms with E-state index in [-0.39, 0.29) is 5.91 Å². The van der Waals surface area contributed by atoms with E-state index in [1.807, 2.05) is 4.90 Å². The normalized spacial score (nSPS) is 17.3. The van der Waals surface area contributed by atoms with Crippen LogP contribution >= 0.6 is 0 Å². The van der Waals surface area contributed by atoms with Gasteiger partial charge in [-0.1, -0.05) is 24.3 Å². The van der Waals surface area contributed by atoms with Gasteiger partial charge >= 0.3 is 0 Å². The Morgan fingerprint density at radius 2 is 1.73 bits per heavy atom. The average Bonchev–Trinajstić information content (AvgIpc) is 3.03. The molecule has 4 rings (SSSR count). The Bertz CT molecular complexity index is 706. The summed E-state index contributed by atoms with van der Waals surface area (Å²) < 4.78 is 0. The second-order valence-electron chi connectivity index (χ2n) is 6.10. The number of hydrogen-bond donors (Lipinski definition) is 1. The molecule has 2 heterocycles. The van der Waals surface area contributed by atoms with E-state index >= 15 is 0 Å². The number of rotatable bonds is 2. The van der Waals surface area contributed by atoms with Crippen LogP contribution in [0.5, 0.6) is 0 Å². The largest absolute Gasteiger partial charge is 0.384 e. The number of amides is 1. The third kappa shape index (κ3) is 2.37. The van der Waals surface area contributed by atoms with Crippen molar-refractivity contribution in [3.63, 3.8) is 0 Å². The number of nitrogens with zero attached hydrogens (tertiary/aromatic N) is 1. The van der Waals surface area contributed by atoms with Gasteiger partial charge in [0.2, 0.25) is 5.91 Å². The molecule has 2 aliphatic rings. The summed E-state index contributed by atoms with van der Waals surface area (Å²) in [5.41, 5.74) is 6.11. The van der Waals surface area contributed by atoms with Gasteiger partial charge in [-0.2, -0.15) is 0 Å². The summed E-state index contributed by atoms with van der Waals surface area (Å²) >= 11 is 0. The molecule has 1 N–H and O–H groups in total. The topological polar surface area (TPSA) is 32.3 Å². The molecular formula is C19H20N2O. The van der Waals surface area contributed by atoms with Gasteiger partial charge in [0.1, 0.15) is 0 Å². The molecule has 22 heavy (non-hydrogen) atoms. The number of carbonyl (C=O) groups excluding carboxylic acids is 1. The van der Waals surface area contributed by atoms with E-state index < -0.39 is 0 Å². The fourth-order valence-corrected chi connectivity index (χ4v) is 3.38. The highest BCUT2D eigenvalue weighted by Crippen LogP contribution is 2.30. The minimum absolute atomic E-state index is 0.251. The Kier molecular flexibility index (Phi) is 3.34. The first kappa shape index (κ1) is 13.4. The molecule has 1 fully saturated rings. The zero-order chi connectivity index (χ0) is 14.9. The summed E-state index contributed by atoms with van der Waals surface area (Å²) in [7, 11) is 0. The SMILES string of the molecule is O=C1CCCCN1c1ccc(-c2ccc3c(c2)NCC3)cc1. The number of hydrogen-bond acceptors (Lipinski definition) is 2. The van der Waals surface area contributed by atoms with Crippen molar-refractivity contribution in [3.05, 3.63) is 48.0 Å². The summed E-state index contributed by atoms with van der Waals surface area (Å²) in [5.74, 6) is 0.251. The van der Waals surface area contributed by atoms with E-state index in [0.29, 0.717) is 6.42 Å². The molecule has 0 spiro atoms. The van der Waals surface area contributed by atoms with E-state index in [0.717, 1.165) is 38.0 Å². The van der Waals surface area contributed by atoms with Crippen LogP contribution in [0.3, 0.4) is 0 Å². The van der Waals surface area contributed by atoms with E-state index in [2.05, 4.69) is 47.8 Å². The molecule has 1 amide bonds. The smallest absolute Gasteiger partial charge is 0.226 e. The van der Waals surface area contributed by atoms with E-state index in [4.69, 9.17) is 0 Å². The molecule has 1 saturated heterocycles. The molecule has 112 valence electrons. The fourth-order valence-electron chi connectivity index (χ4n) is 3.38. The van der Waals surface area contributed by atoms with Crippen LogP contribution < -0.4 is 10.2 Å². The van der Waals surface area contributed by atoms with Crippen LogP contribution in [0, 0.1) is 0 Å². The van der Waals surface area contributed by atoms with Gasteiger partial charge in [-0.05, 0) is 54.2 Å². The van der Waals surface area contributed by atoms with Crippen LogP contribution in [-0.2, 0) is 11.2 Å². The standard InChI is InChI=1S/C19H20N2O/c22-19-3-1-2-12-21(19)17-8-6-14(7-9-17)16-5-4-15-10-11-20-18(15)13-16/h4-9,13,20H,1-3,10-12H2. The lowest BCUT2D eigenvalue weighted by molar-refractivity contribution is -0.119. The molecule has 2 aromatic carbocycles. The molecule has 0 bridgehead atoms. The Labute approximate surface area is 131 Å². The van der Waals surface area contributed by atoms with Gasteiger partial charge < -0.3 is 10.2 Å². The predicted molar refractivity (Wildman–Crippen MR) is 90.3 cm³/mol. The van der Waals surface area contributed by atoms with Gasteiger partial charge in [0, 0.05) is 30.9 Å². The minimum atomic E-state index is 0.251. The quantitative estimate of drug-likeness (QED) is 0.912. The lowest BCUT2D eigenvalue weighted by atomic mass is 10.0. The Hall–Kier alpha value is -2.29. The average molecular weight is 292 g/mol. The second kappa shape index (κ2) is 5.48. The summed E-state index contributed by atoms with van der Waals surface area (Å²) in [4.78, 5) is 13.9. The number of nitrogens with one attached hydrogen (secondary N) is 1. The first-order valence-corrected chi connectivity index (χ1v) is 8.09. The monoisotopic (exact) mass is 292 g/mol. The highest BCUT2D eigenvalue weighted by Gasteiger charge is 2.19. The van der Waals surface area contributed by atoms with E-state index in [9.17, 15) is 4.79 Å². The van der Waals surface area contributed by atoms with Crippen molar-refractivity contribution in [2.24, 2.45) is 0 Å². The molecule has 3 heteroatoms. The lowest BCUT2D eigenvalue weighted by Crippen LogP contribution is -2.35. The molecule has 0 unspecified atom stereocenters. The van der Waals surface area contributed by atoms with Crippen molar-refractivity contribution in [1.29, 1.82) is 0 Å². The van der Waals surface area contributed by atoms with Crippen molar-refractivity contribution in [1.82, 2.24) is 0 Å². The molecule has 0 aromatic heterocycles. The third-order valence-corrected chi connectivity index (χ3v) is 4.66. The highest BCUT2D eigenvalue weighted by molar-refractivity contribution is 5.94. The maximum atomic E-state index is 12.0. The van der Waals surface area contributed by atoms with Gasteiger partial charge in [-0.3, -0.25) is 4.79 Å². The van der Waals surface area contributed by atoms with Gasteiger partial charge in [-0.15, -0.1) is 0 Å². The fraction of sp³-hybridized carbons (Fsp3) is 0.316. The van der Waals surface area contributed by atoms with Crippen LogP contribution in [0.15, 0.2) is 42.5 Å². The molecule has 0 aliphatic carbocycles. The molecule has 0 atom stereocenters. The van der Waals surface area contributed by atoms with Gasteiger partial charge in [-0.25, -0.2) is 0 Å². The number of benzene rings is 2. The van der Waals surface area contributed by atoms with Gasteiger partial charge in [0.15, 0.2) is 0 Å². The summed E-state index contributed by atoms with van der Waals surface area (Å²) in [6.45, 7) is 1.88. The first-order chi connectivity index (χ1) is 10.8. The van der Waals surface area contributed by atoms with Crippen molar-refractivity contribution in [2.45, 2.75) is 25.7 Å². The summed E-state index contributed by atoms with van der Waals surface area (Å²) in [6, 6.07) is 15.0. The second-order valence-corrected chi connectivity index (χ2v) is 6.10. The van der Waals surface area contributed by atoms with E-state index in [1.165, 1.54) is 22.4 Å². The van der Waals surface area contributed by atoms with Gasteiger partial charge in [0.05, 0.1) is 0 Å². The van der Waals surface area contributed by atoms with Gasteiger partial charge in [0.25, 0.3) is 0 Å². The van der Waals surface area contributed by atoms with Crippen LogP contribution in [0.4, 0.5) is 11.4 Å².